The van der Waals surface area contributed by atoms with Crippen molar-refractivity contribution in [3.63, 3.8) is 0 Å². The van der Waals surface area contributed by atoms with Crippen LogP contribution >= 0.6 is 0 Å². The van der Waals surface area contributed by atoms with Crippen LogP contribution in [-0.4, -0.2) is 15.0 Å². The molecule has 2 aromatic heterocycles. The minimum Gasteiger partial charge on any atom is -0.455 e. The predicted molar refractivity (Wildman–Crippen MR) is 215 cm³/mol. The van der Waals surface area contributed by atoms with E-state index in [2.05, 4.69) is 132 Å². The molecule has 53 heavy (non-hydrogen) atoms. The van der Waals surface area contributed by atoms with Crippen molar-refractivity contribution in [1.82, 2.24) is 15.0 Å². The fraction of sp³-hybridized carbons (Fsp3) is 0. The molecule has 0 N–H and O–H groups in total. The third kappa shape index (κ3) is 5.45. The lowest BCUT2D eigenvalue weighted by atomic mass is 9.85. The summed E-state index contributed by atoms with van der Waals surface area (Å²) in [6, 6.07) is 61.4. The molecule has 4 nitrogen and oxygen atoms in total. The summed E-state index contributed by atoms with van der Waals surface area (Å²) in [5.74, 6) is 2.28. The van der Waals surface area contributed by atoms with Gasteiger partial charge in [0.1, 0.15) is 11.5 Å². The zero-order valence-electron chi connectivity index (χ0n) is 28.6. The summed E-state index contributed by atoms with van der Waals surface area (Å²) in [7, 11) is 0. The molecule has 0 saturated carbocycles. The first-order chi connectivity index (χ1) is 26.3. The van der Waals surface area contributed by atoms with Crippen LogP contribution in [0.25, 0.3) is 89.2 Å². The number of aromatic nitrogens is 3. The van der Waals surface area contributed by atoms with Gasteiger partial charge in [-0.15, -0.1) is 0 Å². The predicted octanol–water partition coefficient (Wildman–Crippen LogP) is 12.8. The van der Waals surface area contributed by atoms with Gasteiger partial charge in [0.25, 0.3) is 0 Å². The summed E-state index contributed by atoms with van der Waals surface area (Å²) < 4.78 is 7.17. The number of nitrogens with zero attached hydrogens (tertiary/aromatic N) is 3. The Morgan fingerprint density at radius 3 is 1.70 bits per heavy atom. The molecule has 9 aromatic rings. The van der Waals surface area contributed by atoms with Gasteiger partial charge in [0, 0.05) is 45.6 Å². The van der Waals surface area contributed by atoms with Crippen molar-refractivity contribution >= 4 is 10.8 Å². The third-order valence-electron chi connectivity index (χ3n) is 10.0. The van der Waals surface area contributed by atoms with E-state index < -0.39 is 0 Å². The Labute approximate surface area is 307 Å². The van der Waals surface area contributed by atoms with Gasteiger partial charge in [0.2, 0.25) is 0 Å². The summed E-state index contributed by atoms with van der Waals surface area (Å²) in [5.41, 5.74) is 13.3. The fourth-order valence-electron chi connectivity index (χ4n) is 7.49. The Bertz CT molecular complexity index is 2750. The minimum atomic E-state index is 0.659. The van der Waals surface area contributed by atoms with Crippen LogP contribution in [0.15, 0.2) is 188 Å². The topological polar surface area (TPSA) is 47.9 Å². The van der Waals surface area contributed by atoms with E-state index in [9.17, 15) is 0 Å². The largest absolute Gasteiger partial charge is 0.455 e. The van der Waals surface area contributed by atoms with E-state index in [4.69, 9.17) is 14.7 Å². The standard InChI is InChI=1S/C49H31N3O/c1-2-14-33(15-3-1)49-51-45(30-46(52-49)35-16-12-28-50-31-35)34-25-26-41-39-20-7-6-18-37(39)38-19-8-9-21-40(38)42-22-10-11-23-47(42)53-48-36-17-5-4-13-32(36)24-27-43(48)44(41)29-34/h1-31H. The van der Waals surface area contributed by atoms with Crippen LogP contribution in [0.1, 0.15) is 0 Å². The normalized spacial score (nSPS) is 11.5. The van der Waals surface area contributed by atoms with Gasteiger partial charge >= 0.3 is 0 Å². The molecule has 4 heteroatoms. The first kappa shape index (κ1) is 30.6. The molecule has 0 atom stereocenters. The van der Waals surface area contributed by atoms with Crippen LogP contribution in [0, 0.1) is 0 Å². The van der Waals surface area contributed by atoms with Crippen LogP contribution in [-0.2, 0) is 0 Å². The summed E-state index contributed by atoms with van der Waals surface area (Å²) >= 11 is 0. The highest BCUT2D eigenvalue weighted by molar-refractivity contribution is 6.03. The van der Waals surface area contributed by atoms with Gasteiger partial charge in [-0.2, -0.15) is 0 Å². The molecular formula is C49H31N3O. The quantitative estimate of drug-likeness (QED) is 0.187. The van der Waals surface area contributed by atoms with Crippen molar-refractivity contribution in [3.05, 3.63) is 188 Å². The number of fused-ring (bicyclic) bond motifs is 11. The minimum absolute atomic E-state index is 0.659. The number of hydrogen-bond donors (Lipinski definition) is 0. The maximum Gasteiger partial charge on any atom is 0.160 e. The number of ether oxygens (including phenoxy) is 1. The van der Waals surface area contributed by atoms with Gasteiger partial charge in [-0.1, -0.05) is 140 Å². The molecule has 1 aliphatic heterocycles. The van der Waals surface area contributed by atoms with Crippen molar-refractivity contribution in [1.29, 1.82) is 0 Å². The van der Waals surface area contributed by atoms with Crippen molar-refractivity contribution in [2.24, 2.45) is 0 Å². The maximum absolute atomic E-state index is 7.17. The summed E-state index contributed by atoms with van der Waals surface area (Å²) in [6.45, 7) is 0. The second kappa shape index (κ2) is 12.9. The first-order valence-electron chi connectivity index (χ1n) is 17.8. The molecule has 10 rings (SSSR count). The van der Waals surface area contributed by atoms with Gasteiger partial charge in [0.15, 0.2) is 5.82 Å². The SMILES string of the molecule is c1ccc(-c2nc(-c3cccnc3)cc(-c3ccc4c(c3)-c3ccc5ccccc5c3Oc3ccccc3-c3ccccc3-c3ccccc3-4)n2)cc1. The van der Waals surface area contributed by atoms with E-state index >= 15 is 0 Å². The number of hydrogen-bond acceptors (Lipinski definition) is 4. The van der Waals surface area contributed by atoms with E-state index in [0.29, 0.717) is 5.82 Å². The Morgan fingerprint density at radius 1 is 0.377 bits per heavy atom. The highest BCUT2D eigenvalue weighted by atomic mass is 16.5. The van der Waals surface area contributed by atoms with Gasteiger partial charge in [-0.3, -0.25) is 4.98 Å². The Hall–Kier alpha value is -7.17. The molecular weight excluding hydrogens is 647 g/mol. The highest BCUT2D eigenvalue weighted by Crippen LogP contribution is 2.50. The zero-order chi connectivity index (χ0) is 35.1. The Kier molecular flexibility index (Phi) is 7.43. The summed E-state index contributed by atoms with van der Waals surface area (Å²) in [4.78, 5) is 14.6. The lowest BCUT2D eigenvalue weighted by molar-refractivity contribution is 0.492. The first-order valence-corrected chi connectivity index (χ1v) is 17.8. The lowest BCUT2D eigenvalue weighted by Gasteiger charge is -2.19. The molecule has 0 unspecified atom stereocenters. The molecule has 248 valence electrons. The van der Waals surface area contributed by atoms with E-state index in [1.165, 1.54) is 0 Å². The van der Waals surface area contributed by atoms with Gasteiger partial charge < -0.3 is 4.74 Å². The van der Waals surface area contributed by atoms with Gasteiger partial charge in [0.05, 0.1) is 11.4 Å². The maximum atomic E-state index is 7.17. The average Bonchev–Trinajstić information content (AvgIpc) is 3.25. The average molecular weight is 678 g/mol. The molecule has 0 bridgehead atoms. The van der Waals surface area contributed by atoms with Crippen LogP contribution in [0.3, 0.4) is 0 Å². The molecule has 0 radical (unpaired) electrons. The molecule has 0 aliphatic carbocycles. The van der Waals surface area contributed by atoms with E-state index in [1.807, 2.05) is 54.7 Å². The van der Waals surface area contributed by atoms with Gasteiger partial charge in [-0.25, -0.2) is 9.97 Å². The zero-order valence-corrected chi connectivity index (χ0v) is 28.6. The molecule has 0 amide bonds. The van der Waals surface area contributed by atoms with Crippen LogP contribution in [0.4, 0.5) is 0 Å². The Morgan fingerprint density at radius 2 is 0.962 bits per heavy atom. The summed E-state index contributed by atoms with van der Waals surface area (Å²) in [6.07, 6.45) is 3.63. The smallest absolute Gasteiger partial charge is 0.160 e. The van der Waals surface area contributed by atoms with Crippen LogP contribution < -0.4 is 4.74 Å². The van der Waals surface area contributed by atoms with E-state index in [0.717, 1.165) is 94.9 Å². The van der Waals surface area contributed by atoms with Crippen LogP contribution in [0.2, 0.25) is 0 Å². The monoisotopic (exact) mass is 677 g/mol. The van der Waals surface area contributed by atoms with E-state index in [-0.39, 0.29) is 0 Å². The third-order valence-corrected chi connectivity index (χ3v) is 10.0. The van der Waals surface area contributed by atoms with Crippen molar-refractivity contribution in [2.45, 2.75) is 0 Å². The number of benzene rings is 7. The molecule has 0 saturated heterocycles. The number of pyridine rings is 1. The van der Waals surface area contributed by atoms with Crippen molar-refractivity contribution in [3.8, 4) is 89.9 Å². The second-order valence-electron chi connectivity index (χ2n) is 13.2. The van der Waals surface area contributed by atoms with E-state index in [1.54, 1.807) is 6.20 Å². The fourth-order valence-corrected chi connectivity index (χ4v) is 7.49. The molecule has 0 spiro atoms. The van der Waals surface area contributed by atoms with Gasteiger partial charge in [-0.05, 0) is 75.2 Å². The molecule has 0 fully saturated rings. The molecule has 1 aliphatic rings. The number of rotatable bonds is 3. The van der Waals surface area contributed by atoms with Crippen molar-refractivity contribution < 1.29 is 4.74 Å². The van der Waals surface area contributed by atoms with Crippen LogP contribution in [0.5, 0.6) is 11.5 Å². The molecule has 3 heterocycles. The highest BCUT2D eigenvalue weighted by Gasteiger charge is 2.23. The summed E-state index contributed by atoms with van der Waals surface area (Å²) in [5, 5.41) is 2.16. The van der Waals surface area contributed by atoms with Crippen molar-refractivity contribution in [2.75, 3.05) is 0 Å². The second-order valence-corrected chi connectivity index (χ2v) is 13.2. The lowest BCUT2D eigenvalue weighted by Crippen LogP contribution is -1.97. The molecule has 7 aromatic carbocycles. The number of para-hydroxylation sites is 1. The Balaban J connectivity index is 1.29.